The van der Waals surface area contributed by atoms with Crippen molar-refractivity contribution in [3.63, 3.8) is 0 Å². The first kappa shape index (κ1) is 15.0. The Labute approximate surface area is 97.8 Å². The Morgan fingerprint density at radius 1 is 0.667 bits per heavy atom. The van der Waals surface area contributed by atoms with Crippen molar-refractivity contribution in [3.05, 3.63) is 0 Å². The lowest BCUT2D eigenvalue weighted by Gasteiger charge is -2.40. The van der Waals surface area contributed by atoms with E-state index in [0.29, 0.717) is 16.2 Å². The standard InChI is InChI=1S/C15H32/c1-9-10-15(8,11-13(2,3)4)12-14(5,6)7/h9-12H2,1-8H3. The molecule has 0 heteroatoms. The van der Waals surface area contributed by atoms with E-state index in [1.807, 2.05) is 0 Å². The molecular weight excluding hydrogens is 180 g/mol. The zero-order valence-corrected chi connectivity index (χ0v) is 12.3. The van der Waals surface area contributed by atoms with Gasteiger partial charge in [0, 0.05) is 0 Å². The van der Waals surface area contributed by atoms with Gasteiger partial charge in [-0.05, 0) is 35.5 Å². The zero-order valence-electron chi connectivity index (χ0n) is 12.3. The van der Waals surface area contributed by atoms with Crippen molar-refractivity contribution in [1.29, 1.82) is 0 Å². The molecule has 0 radical (unpaired) electrons. The maximum absolute atomic E-state index is 2.48. The lowest BCUT2D eigenvalue weighted by Crippen LogP contribution is -2.28. The Morgan fingerprint density at radius 2 is 1.00 bits per heavy atom. The molecule has 0 aliphatic heterocycles. The van der Waals surface area contributed by atoms with Gasteiger partial charge in [0.05, 0.1) is 0 Å². The van der Waals surface area contributed by atoms with Crippen molar-refractivity contribution in [2.45, 2.75) is 81.1 Å². The lowest BCUT2D eigenvalue weighted by atomic mass is 9.65. The molecule has 0 aliphatic carbocycles. The fourth-order valence-corrected chi connectivity index (χ4v) is 3.40. The molecule has 0 atom stereocenters. The largest absolute Gasteiger partial charge is 0.0654 e. The van der Waals surface area contributed by atoms with Gasteiger partial charge in [-0.3, -0.25) is 0 Å². The summed E-state index contributed by atoms with van der Waals surface area (Å²) in [6.07, 6.45) is 5.35. The number of hydrogen-bond donors (Lipinski definition) is 0. The van der Waals surface area contributed by atoms with Crippen LogP contribution in [0.15, 0.2) is 0 Å². The highest BCUT2D eigenvalue weighted by Gasteiger charge is 2.32. The van der Waals surface area contributed by atoms with Crippen LogP contribution in [0.4, 0.5) is 0 Å². The molecule has 92 valence electrons. The Kier molecular flexibility index (Phi) is 4.89. The first-order valence-electron chi connectivity index (χ1n) is 6.47. The minimum Gasteiger partial charge on any atom is -0.0654 e. The summed E-state index contributed by atoms with van der Waals surface area (Å²) in [5, 5.41) is 0. The van der Waals surface area contributed by atoms with E-state index in [2.05, 4.69) is 55.4 Å². The molecule has 0 aliphatic rings. The van der Waals surface area contributed by atoms with E-state index < -0.39 is 0 Å². The van der Waals surface area contributed by atoms with Gasteiger partial charge in [-0.25, -0.2) is 0 Å². The summed E-state index contributed by atoms with van der Waals surface area (Å²) < 4.78 is 0. The van der Waals surface area contributed by atoms with Crippen LogP contribution in [-0.2, 0) is 0 Å². The van der Waals surface area contributed by atoms with Crippen LogP contribution in [0, 0.1) is 16.2 Å². The summed E-state index contributed by atoms with van der Waals surface area (Å²) in [7, 11) is 0. The molecule has 0 heterocycles. The summed E-state index contributed by atoms with van der Waals surface area (Å²) in [5.41, 5.74) is 1.43. The van der Waals surface area contributed by atoms with E-state index in [-0.39, 0.29) is 0 Å². The van der Waals surface area contributed by atoms with E-state index >= 15 is 0 Å². The number of rotatable bonds is 4. The first-order valence-corrected chi connectivity index (χ1v) is 6.47. The summed E-state index contributed by atoms with van der Waals surface area (Å²) in [5.74, 6) is 0. The highest BCUT2D eigenvalue weighted by molar-refractivity contribution is 4.84. The second kappa shape index (κ2) is 4.89. The monoisotopic (exact) mass is 212 g/mol. The van der Waals surface area contributed by atoms with Gasteiger partial charge in [0.25, 0.3) is 0 Å². The fraction of sp³-hybridized carbons (Fsp3) is 1.00. The Morgan fingerprint density at radius 3 is 1.20 bits per heavy atom. The number of hydrogen-bond acceptors (Lipinski definition) is 0. The van der Waals surface area contributed by atoms with Crippen LogP contribution in [0.3, 0.4) is 0 Å². The van der Waals surface area contributed by atoms with Crippen molar-refractivity contribution in [3.8, 4) is 0 Å². The maximum Gasteiger partial charge on any atom is -0.0316 e. The molecule has 0 bridgehead atoms. The summed E-state index contributed by atoms with van der Waals surface area (Å²) in [6, 6.07) is 0. The predicted molar refractivity (Wildman–Crippen MR) is 71.2 cm³/mol. The predicted octanol–water partition coefficient (Wildman–Crippen LogP) is 5.67. The van der Waals surface area contributed by atoms with Crippen molar-refractivity contribution in [2.24, 2.45) is 16.2 Å². The Hall–Kier alpha value is 0. The van der Waals surface area contributed by atoms with Crippen LogP contribution in [-0.4, -0.2) is 0 Å². The molecule has 0 aromatic heterocycles. The van der Waals surface area contributed by atoms with E-state index in [1.165, 1.54) is 25.7 Å². The van der Waals surface area contributed by atoms with Crippen molar-refractivity contribution in [1.82, 2.24) is 0 Å². The molecule has 0 fully saturated rings. The lowest BCUT2D eigenvalue weighted by molar-refractivity contribution is 0.113. The third kappa shape index (κ3) is 7.88. The summed E-state index contributed by atoms with van der Waals surface area (Å²) >= 11 is 0. The van der Waals surface area contributed by atoms with Gasteiger partial charge in [0.1, 0.15) is 0 Å². The topological polar surface area (TPSA) is 0 Å². The molecule has 0 amide bonds. The molecule has 0 aromatic rings. The Bertz CT molecular complexity index is 159. The van der Waals surface area contributed by atoms with Crippen LogP contribution in [0.25, 0.3) is 0 Å². The molecule has 0 aromatic carbocycles. The molecular formula is C15H32. The molecule has 0 N–H and O–H groups in total. The van der Waals surface area contributed by atoms with Gasteiger partial charge >= 0.3 is 0 Å². The van der Waals surface area contributed by atoms with Crippen LogP contribution >= 0.6 is 0 Å². The fourth-order valence-electron chi connectivity index (χ4n) is 3.40. The van der Waals surface area contributed by atoms with Crippen molar-refractivity contribution < 1.29 is 0 Å². The highest BCUT2D eigenvalue weighted by atomic mass is 14.4. The zero-order chi connectivity index (χ0) is 12.3. The molecule has 0 rings (SSSR count). The minimum absolute atomic E-state index is 0.454. The second-order valence-electron chi connectivity index (χ2n) is 8.04. The maximum atomic E-state index is 2.48. The van der Waals surface area contributed by atoms with Gasteiger partial charge in [0.15, 0.2) is 0 Å². The second-order valence-corrected chi connectivity index (χ2v) is 8.04. The molecule has 0 unspecified atom stereocenters. The van der Waals surface area contributed by atoms with Gasteiger partial charge in [-0.1, -0.05) is 61.8 Å². The van der Waals surface area contributed by atoms with Crippen LogP contribution < -0.4 is 0 Å². The van der Waals surface area contributed by atoms with Crippen LogP contribution in [0.2, 0.25) is 0 Å². The van der Waals surface area contributed by atoms with Gasteiger partial charge in [-0.15, -0.1) is 0 Å². The third-order valence-corrected chi connectivity index (χ3v) is 2.77. The molecule has 0 nitrogen and oxygen atoms in total. The SMILES string of the molecule is CCCC(C)(CC(C)(C)C)CC(C)(C)C. The van der Waals surface area contributed by atoms with E-state index in [1.54, 1.807) is 0 Å². The van der Waals surface area contributed by atoms with E-state index in [9.17, 15) is 0 Å². The highest BCUT2D eigenvalue weighted by Crippen LogP contribution is 2.44. The summed E-state index contributed by atoms with van der Waals surface area (Å²) in [4.78, 5) is 0. The van der Waals surface area contributed by atoms with Crippen LogP contribution in [0.5, 0.6) is 0 Å². The van der Waals surface area contributed by atoms with Crippen molar-refractivity contribution in [2.75, 3.05) is 0 Å². The van der Waals surface area contributed by atoms with Crippen LogP contribution in [0.1, 0.15) is 81.1 Å². The summed E-state index contributed by atoms with van der Waals surface area (Å²) in [6.45, 7) is 19.0. The molecule has 0 spiro atoms. The van der Waals surface area contributed by atoms with Gasteiger partial charge in [0.2, 0.25) is 0 Å². The average Bonchev–Trinajstić information content (AvgIpc) is 1.74. The normalized spacial score (nSPS) is 14.4. The average molecular weight is 212 g/mol. The van der Waals surface area contributed by atoms with Gasteiger partial charge < -0.3 is 0 Å². The quantitative estimate of drug-likeness (QED) is 0.563. The van der Waals surface area contributed by atoms with E-state index in [4.69, 9.17) is 0 Å². The smallest absolute Gasteiger partial charge is 0.0316 e. The first-order chi connectivity index (χ1) is 6.47. The van der Waals surface area contributed by atoms with Crippen molar-refractivity contribution >= 4 is 0 Å². The third-order valence-electron chi connectivity index (χ3n) is 2.77. The molecule has 0 saturated carbocycles. The van der Waals surface area contributed by atoms with Gasteiger partial charge in [-0.2, -0.15) is 0 Å². The molecule has 0 saturated heterocycles. The van der Waals surface area contributed by atoms with E-state index in [0.717, 1.165) is 0 Å². The molecule has 15 heavy (non-hydrogen) atoms. The Balaban J connectivity index is 4.59. The minimum atomic E-state index is 0.454.